The van der Waals surface area contributed by atoms with Gasteiger partial charge in [0.2, 0.25) is 0 Å². The number of aromatic amines is 1. The van der Waals surface area contributed by atoms with Crippen molar-refractivity contribution in [3.05, 3.63) is 54.4 Å². The Bertz CT molecular complexity index is 932. The van der Waals surface area contributed by atoms with Crippen LogP contribution in [-0.4, -0.2) is 53.5 Å². The minimum Gasteiger partial charge on any atom is -0.380 e. The lowest BCUT2D eigenvalue weighted by atomic mass is 10.2. The van der Waals surface area contributed by atoms with Gasteiger partial charge in [-0.3, -0.25) is 4.79 Å². The van der Waals surface area contributed by atoms with E-state index in [1.807, 2.05) is 49.6 Å². The van der Waals surface area contributed by atoms with Gasteiger partial charge in [0.1, 0.15) is 5.69 Å². The smallest absolute Gasteiger partial charge is 0.270 e. The number of para-hydroxylation sites is 1. The summed E-state index contributed by atoms with van der Waals surface area (Å²) < 4.78 is 0. The number of rotatable bonds is 8. The van der Waals surface area contributed by atoms with Crippen molar-refractivity contribution in [2.45, 2.75) is 39.3 Å². The number of benzene rings is 1. The molecule has 0 radical (unpaired) electrons. The van der Waals surface area contributed by atoms with Crippen LogP contribution in [0.2, 0.25) is 0 Å². The zero-order chi connectivity index (χ0) is 21.0. The molecule has 0 aliphatic carbocycles. The molecule has 2 heterocycles. The molecule has 1 atom stereocenters. The van der Waals surface area contributed by atoms with Gasteiger partial charge in [-0.15, -0.1) is 0 Å². The number of H-pyrrole nitrogens is 1. The van der Waals surface area contributed by atoms with Crippen molar-refractivity contribution in [1.82, 2.24) is 14.9 Å². The van der Waals surface area contributed by atoms with Crippen LogP contribution in [0.5, 0.6) is 0 Å². The van der Waals surface area contributed by atoms with Gasteiger partial charge in [0.15, 0.2) is 5.82 Å². The SMILES string of the molecule is CC(C)Nc1cccnc1N(C)C(C)CCN(C)C(=O)c1cc2ccccc2[nH]1. The maximum atomic E-state index is 12.8. The quantitative estimate of drug-likeness (QED) is 0.596. The van der Waals surface area contributed by atoms with Crippen molar-refractivity contribution < 1.29 is 4.79 Å². The fraction of sp³-hybridized carbons (Fsp3) is 0.391. The second-order valence-electron chi connectivity index (χ2n) is 7.92. The molecule has 154 valence electrons. The number of carbonyl (C=O) groups excluding carboxylic acids is 1. The van der Waals surface area contributed by atoms with Crippen molar-refractivity contribution >= 4 is 28.3 Å². The van der Waals surface area contributed by atoms with Crippen LogP contribution >= 0.6 is 0 Å². The number of pyridine rings is 1. The molecule has 1 unspecified atom stereocenters. The van der Waals surface area contributed by atoms with E-state index < -0.39 is 0 Å². The van der Waals surface area contributed by atoms with Gasteiger partial charge < -0.3 is 20.1 Å². The minimum absolute atomic E-state index is 0.0102. The first-order valence-electron chi connectivity index (χ1n) is 10.1. The average molecular weight is 394 g/mol. The van der Waals surface area contributed by atoms with Crippen LogP contribution in [0.3, 0.4) is 0 Å². The summed E-state index contributed by atoms with van der Waals surface area (Å²) in [5, 5.41) is 4.51. The Hall–Kier alpha value is -3.02. The molecule has 29 heavy (non-hydrogen) atoms. The number of carbonyl (C=O) groups is 1. The van der Waals surface area contributed by atoms with Crippen LogP contribution in [0.1, 0.15) is 37.7 Å². The van der Waals surface area contributed by atoms with E-state index >= 15 is 0 Å². The van der Waals surface area contributed by atoms with Crippen molar-refractivity contribution in [3.63, 3.8) is 0 Å². The van der Waals surface area contributed by atoms with Crippen LogP contribution < -0.4 is 10.2 Å². The number of aromatic nitrogens is 2. The van der Waals surface area contributed by atoms with E-state index in [9.17, 15) is 4.79 Å². The van der Waals surface area contributed by atoms with Gasteiger partial charge in [0.25, 0.3) is 5.91 Å². The first-order valence-corrected chi connectivity index (χ1v) is 10.1. The number of anilines is 2. The van der Waals surface area contributed by atoms with Crippen molar-refractivity contribution in [3.8, 4) is 0 Å². The molecule has 0 bridgehead atoms. The number of nitrogens with one attached hydrogen (secondary N) is 2. The molecular formula is C23H31N5O. The second-order valence-corrected chi connectivity index (χ2v) is 7.92. The van der Waals surface area contributed by atoms with E-state index in [4.69, 9.17) is 0 Å². The Morgan fingerprint density at radius 2 is 1.90 bits per heavy atom. The highest BCUT2D eigenvalue weighted by molar-refractivity contribution is 5.97. The summed E-state index contributed by atoms with van der Waals surface area (Å²) in [5.74, 6) is 0.939. The third-order valence-corrected chi connectivity index (χ3v) is 5.22. The number of fused-ring (bicyclic) bond motifs is 1. The van der Waals surface area contributed by atoms with Gasteiger partial charge in [-0.1, -0.05) is 18.2 Å². The molecule has 6 heteroatoms. The summed E-state index contributed by atoms with van der Waals surface area (Å²) in [6, 6.07) is 14.4. The number of amides is 1. The second kappa shape index (κ2) is 8.99. The summed E-state index contributed by atoms with van der Waals surface area (Å²) >= 11 is 0. The highest BCUT2D eigenvalue weighted by Gasteiger charge is 2.19. The van der Waals surface area contributed by atoms with Gasteiger partial charge in [0.05, 0.1) is 5.69 Å². The molecule has 0 aliphatic heterocycles. The standard InChI is InChI=1S/C23H31N5O/c1-16(2)25-20-11-8-13-24-22(20)28(5)17(3)12-14-27(4)23(29)21-15-18-9-6-7-10-19(18)26-21/h6-11,13,15-17,25-26H,12,14H2,1-5H3. The van der Waals surface area contributed by atoms with Crippen LogP contribution in [0, 0.1) is 0 Å². The van der Waals surface area contributed by atoms with Gasteiger partial charge >= 0.3 is 0 Å². The van der Waals surface area contributed by atoms with E-state index in [1.54, 1.807) is 4.90 Å². The third kappa shape index (κ3) is 4.88. The number of hydrogen-bond acceptors (Lipinski definition) is 4. The fourth-order valence-electron chi connectivity index (χ4n) is 3.38. The summed E-state index contributed by atoms with van der Waals surface area (Å²) in [4.78, 5) is 24.5. The summed E-state index contributed by atoms with van der Waals surface area (Å²) in [7, 11) is 3.91. The molecule has 0 spiro atoms. The third-order valence-electron chi connectivity index (χ3n) is 5.22. The van der Waals surface area contributed by atoms with E-state index in [2.05, 4.69) is 54.1 Å². The molecule has 0 fully saturated rings. The summed E-state index contributed by atoms with van der Waals surface area (Å²) in [5.41, 5.74) is 2.64. The average Bonchev–Trinajstić information content (AvgIpc) is 3.14. The van der Waals surface area contributed by atoms with E-state index in [-0.39, 0.29) is 11.9 Å². The molecule has 0 aliphatic rings. The van der Waals surface area contributed by atoms with Crippen LogP contribution in [-0.2, 0) is 0 Å². The summed E-state index contributed by atoms with van der Waals surface area (Å²) in [6.07, 6.45) is 2.66. The molecule has 0 saturated carbocycles. The van der Waals surface area contributed by atoms with Crippen molar-refractivity contribution in [2.24, 2.45) is 0 Å². The molecule has 2 aromatic heterocycles. The van der Waals surface area contributed by atoms with Gasteiger partial charge in [-0.2, -0.15) is 0 Å². The van der Waals surface area contributed by atoms with Gasteiger partial charge in [-0.25, -0.2) is 4.98 Å². The minimum atomic E-state index is 0.0102. The Morgan fingerprint density at radius 3 is 2.62 bits per heavy atom. The largest absolute Gasteiger partial charge is 0.380 e. The molecule has 1 amide bonds. The van der Waals surface area contributed by atoms with Crippen molar-refractivity contribution in [2.75, 3.05) is 30.9 Å². The molecule has 3 rings (SSSR count). The highest BCUT2D eigenvalue weighted by atomic mass is 16.2. The van der Waals surface area contributed by atoms with E-state index in [0.717, 1.165) is 28.8 Å². The Balaban J connectivity index is 1.62. The Kier molecular flexibility index (Phi) is 6.42. The van der Waals surface area contributed by atoms with Gasteiger partial charge in [0, 0.05) is 49.8 Å². The fourth-order valence-corrected chi connectivity index (χ4v) is 3.38. The highest BCUT2D eigenvalue weighted by Crippen LogP contribution is 2.25. The predicted molar refractivity (Wildman–Crippen MR) is 121 cm³/mol. The molecule has 6 nitrogen and oxygen atoms in total. The molecule has 2 N–H and O–H groups in total. The molecule has 0 saturated heterocycles. The number of nitrogens with zero attached hydrogens (tertiary/aromatic N) is 3. The monoisotopic (exact) mass is 393 g/mol. The first-order chi connectivity index (χ1) is 13.9. The first kappa shape index (κ1) is 20.7. The number of hydrogen-bond donors (Lipinski definition) is 2. The van der Waals surface area contributed by atoms with Gasteiger partial charge in [-0.05, 0) is 51.5 Å². The van der Waals surface area contributed by atoms with Crippen LogP contribution in [0.25, 0.3) is 10.9 Å². The van der Waals surface area contributed by atoms with Crippen LogP contribution in [0.4, 0.5) is 11.5 Å². The lowest BCUT2D eigenvalue weighted by Crippen LogP contribution is -2.36. The Morgan fingerprint density at radius 1 is 1.14 bits per heavy atom. The molecular weight excluding hydrogens is 362 g/mol. The molecule has 3 aromatic rings. The molecule has 1 aromatic carbocycles. The topological polar surface area (TPSA) is 64.3 Å². The Labute approximate surface area is 172 Å². The van der Waals surface area contributed by atoms with Crippen molar-refractivity contribution in [1.29, 1.82) is 0 Å². The lowest BCUT2D eigenvalue weighted by Gasteiger charge is -2.29. The summed E-state index contributed by atoms with van der Waals surface area (Å²) in [6.45, 7) is 7.06. The lowest BCUT2D eigenvalue weighted by molar-refractivity contribution is 0.0786. The normalized spacial score (nSPS) is 12.2. The maximum absolute atomic E-state index is 12.8. The van der Waals surface area contributed by atoms with Crippen LogP contribution in [0.15, 0.2) is 48.7 Å². The maximum Gasteiger partial charge on any atom is 0.270 e. The van der Waals surface area contributed by atoms with E-state index in [0.29, 0.717) is 18.3 Å². The zero-order valence-corrected chi connectivity index (χ0v) is 17.9. The predicted octanol–water partition coefficient (Wildman–Crippen LogP) is 4.37. The zero-order valence-electron chi connectivity index (χ0n) is 17.9. The van der Waals surface area contributed by atoms with E-state index in [1.165, 1.54) is 0 Å².